The van der Waals surface area contributed by atoms with Crippen molar-refractivity contribution in [2.24, 2.45) is 0 Å². The first-order valence-electron chi connectivity index (χ1n) is 8.51. The van der Waals surface area contributed by atoms with Crippen molar-refractivity contribution in [3.63, 3.8) is 0 Å². The summed E-state index contributed by atoms with van der Waals surface area (Å²) in [6, 6.07) is 15.1. The van der Waals surface area contributed by atoms with Crippen molar-refractivity contribution in [1.29, 1.82) is 0 Å². The molecule has 2 N–H and O–H groups in total. The molecule has 1 heterocycles. The second-order valence-corrected chi connectivity index (χ2v) is 6.88. The van der Waals surface area contributed by atoms with Crippen LogP contribution < -0.4 is 10.6 Å². The van der Waals surface area contributed by atoms with Crippen LogP contribution in [0.1, 0.15) is 23.2 Å². The highest BCUT2D eigenvalue weighted by Crippen LogP contribution is 2.25. The highest BCUT2D eigenvalue weighted by Gasteiger charge is 2.13. The minimum absolute atomic E-state index is 0.0551. The summed E-state index contributed by atoms with van der Waals surface area (Å²) in [6.45, 7) is -2.87. The Hall–Kier alpha value is -2.94. The molecule has 0 fully saturated rings. The van der Waals surface area contributed by atoms with Crippen LogP contribution in [0.15, 0.2) is 59.8 Å². The molecule has 146 valence electrons. The topological polar surface area (TPSA) is 83.0 Å². The molecule has 9 heteroatoms. The van der Waals surface area contributed by atoms with Crippen LogP contribution in [-0.2, 0) is 0 Å². The zero-order valence-corrected chi connectivity index (χ0v) is 15.6. The van der Waals surface area contributed by atoms with Crippen molar-refractivity contribution in [3.8, 4) is 17.1 Å². The first-order valence-corrected chi connectivity index (χ1v) is 9.50. The fraction of sp³-hybridized carbons (Fsp3) is 0.211. The number of Topliss-reactive ketones (excluding diaryl/α,β-unsaturated/α-hetero) is 1. The molecule has 1 aromatic heterocycles. The maximum absolute atomic E-state index is 12.2. The number of nitrogen functional groups attached to an aromatic ring is 1. The van der Waals surface area contributed by atoms with Crippen LogP contribution in [0.2, 0.25) is 0 Å². The normalized spacial score (nSPS) is 11.0. The van der Waals surface area contributed by atoms with Gasteiger partial charge in [-0.25, -0.2) is 4.68 Å². The molecule has 28 heavy (non-hydrogen) atoms. The van der Waals surface area contributed by atoms with Crippen LogP contribution in [0, 0.1) is 0 Å². The van der Waals surface area contributed by atoms with Gasteiger partial charge in [-0.05, 0) is 30.7 Å². The third-order valence-corrected chi connectivity index (χ3v) is 4.91. The third-order valence-electron chi connectivity index (χ3n) is 3.88. The number of rotatable bonds is 9. The molecule has 0 saturated heterocycles. The Morgan fingerprint density at radius 3 is 2.50 bits per heavy atom. The van der Waals surface area contributed by atoms with Crippen LogP contribution in [0.4, 0.5) is 8.78 Å². The van der Waals surface area contributed by atoms with E-state index < -0.39 is 6.61 Å². The summed E-state index contributed by atoms with van der Waals surface area (Å²) in [4.78, 5) is 12.1. The number of carbonyl (C=O) groups excluding carboxylic acids is 1. The van der Waals surface area contributed by atoms with Crippen LogP contribution >= 0.6 is 11.8 Å². The van der Waals surface area contributed by atoms with Crippen molar-refractivity contribution < 1.29 is 18.3 Å². The maximum atomic E-state index is 12.2. The van der Waals surface area contributed by atoms with Gasteiger partial charge in [-0.3, -0.25) is 4.79 Å². The Balaban J connectivity index is 1.54. The predicted molar refractivity (Wildman–Crippen MR) is 103 cm³/mol. The summed E-state index contributed by atoms with van der Waals surface area (Å²) in [6.07, 6.45) is 1.12. The van der Waals surface area contributed by atoms with Gasteiger partial charge in [0.2, 0.25) is 5.16 Å². The Bertz CT molecular complexity index is 917. The summed E-state index contributed by atoms with van der Waals surface area (Å²) in [7, 11) is 0. The molecule has 0 atom stereocenters. The zero-order valence-electron chi connectivity index (χ0n) is 14.8. The molecule has 0 amide bonds. The molecule has 0 aliphatic carbocycles. The van der Waals surface area contributed by atoms with Crippen LogP contribution in [-0.4, -0.2) is 33.0 Å². The Labute approximate surface area is 164 Å². The first kappa shape index (κ1) is 19.8. The predicted octanol–water partition coefficient (Wildman–Crippen LogP) is 4.02. The number of ketones is 1. The number of nitrogens with zero attached hydrogens (tertiary/aromatic N) is 3. The quantitative estimate of drug-likeness (QED) is 0.251. The van der Waals surface area contributed by atoms with Crippen LogP contribution in [0.25, 0.3) is 11.4 Å². The number of nitrogens with two attached hydrogens (primary N) is 1. The fourth-order valence-electron chi connectivity index (χ4n) is 2.52. The number of ether oxygens (including phenoxy) is 1. The summed E-state index contributed by atoms with van der Waals surface area (Å²) >= 11 is 1.40. The Kier molecular flexibility index (Phi) is 6.59. The van der Waals surface area contributed by atoms with Gasteiger partial charge >= 0.3 is 6.61 Å². The molecular formula is C19H18F2N4O2S. The molecule has 0 bridgehead atoms. The standard InChI is InChI=1S/C19H18F2N4O2S/c20-18(21)27-15-10-8-14(9-11-15)17-23-24-19(25(17)22)28-12-4-7-16(26)13-5-2-1-3-6-13/h1-3,5-6,8-11,18H,4,7,12,22H2. The molecule has 2 aromatic carbocycles. The van der Waals surface area contributed by atoms with Gasteiger partial charge in [0.05, 0.1) is 0 Å². The van der Waals surface area contributed by atoms with Crippen molar-refractivity contribution in [1.82, 2.24) is 14.9 Å². The molecule has 3 rings (SSSR count). The number of benzene rings is 2. The van der Waals surface area contributed by atoms with Gasteiger partial charge in [-0.2, -0.15) is 8.78 Å². The highest BCUT2D eigenvalue weighted by molar-refractivity contribution is 7.99. The number of hydrogen-bond acceptors (Lipinski definition) is 6. The summed E-state index contributed by atoms with van der Waals surface area (Å²) in [5, 5.41) is 8.61. The van der Waals surface area contributed by atoms with Gasteiger partial charge in [0.15, 0.2) is 11.6 Å². The van der Waals surface area contributed by atoms with Crippen molar-refractivity contribution in [2.45, 2.75) is 24.6 Å². The van der Waals surface area contributed by atoms with E-state index in [0.717, 1.165) is 0 Å². The second kappa shape index (κ2) is 9.32. The molecule has 0 spiro atoms. The van der Waals surface area contributed by atoms with E-state index in [1.807, 2.05) is 18.2 Å². The highest BCUT2D eigenvalue weighted by atomic mass is 32.2. The van der Waals surface area contributed by atoms with Crippen LogP contribution in [0.5, 0.6) is 5.75 Å². The molecule has 0 aliphatic rings. The monoisotopic (exact) mass is 404 g/mol. The number of carbonyl (C=O) groups is 1. The van der Waals surface area contributed by atoms with Gasteiger partial charge in [0, 0.05) is 23.3 Å². The summed E-state index contributed by atoms with van der Waals surface area (Å²) < 4.78 is 30.1. The Morgan fingerprint density at radius 2 is 1.82 bits per heavy atom. The first-order chi connectivity index (χ1) is 13.5. The number of alkyl halides is 2. The van der Waals surface area contributed by atoms with Crippen molar-refractivity contribution >= 4 is 17.5 Å². The van der Waals surface area contributed by atoms with Crippen molar-refractivity contribution in [2.75, 3.05) is 11.6 Å². The number of halogens is 2. The van der Waals surface area contributed by atoms with E-state index in [1.54, 1.807) is 24.3 Å². The Morgan fingerprint density at radius 1 is 1.11 bits per heavy atom. The molecular weight excluding hydrogens is 386 g/mol. The van der Waals surface area contributed by atoms with Gasteiger partial charge in [-0.1, -0.05) is 42.1 Å². The minimum atomic E-state index is -2.87. The maximum Gasteiger partial charge on any atom is 0.387 e. The lowest BCUT2D eigenvalue weighted by Gasteiger charge is -2.06. The van der Waals surface area contributed by atoms with Crippen molar-refractivity contribution in [3.05, 3.63) is 60.2 Å². The summed E-state index contributed by atoms with van der Waals surface area (Å²) in [5.74, 6) is 7.26. The van der Waals surface area contributed by atoms with E-state index in [9.17, 15) is 13.6 Å². The third kappa shape index (κ3) is 5.07. The fourth-order valence-corrected chi connectivity index (χ4v) is 3.32. The molecule has 0 unspecified atom stereocenters. The molecule has 0 radical (unpaired) electrons. The van der Waals surface area contributed by atoms with Gasteiger partial charge in [0.25, 0.3) is 0 Å². The van der Waals surface area contributed by atoms with E-state index in [2.05, 4.69) is 14.9 Å². The van der Waals surface area contributed by atoms with E-state index in [1.165, 1.54) is 28.6 Å². The van der Waals surface area contributed by atoms with E-state index in [4.69, 9.17) is 5.84 Å². The number of aromatic nitrogens is 3. The van der Waals surface area contributed by atoms with Gasteiger partial charge in [0.1, 0.15) is 5.75 Å². The molecule has 3 aromatic rings. The average molecular weight is 404 g/mol. The second-order valence-electron chi connectivity index (χ2n) is 5.82. The average Bonchev–Trinajstić information content (AvgIpc) is 3.06. The lowest BCUT2D eigenvalue weighted by molar-refractivity contribution is -0.0498. The van der Waals surface area contributed by atoms with E-state index in [-0.39, 0.29) is 11.5 Å². The lowest BCUT2D eigenvalue weighted by Crippen LogP contribution is -2.11. The smallest absolute Gasteiger partial charge is 0.387 e. The molecule has 0 aliphatic heterocycles. The van der Waals surface area contributed by atoms with E-state index >= 15 is 0 Å². The molecule has 0 saturated carbocycles. The minimum Gasteiger partial charge on any atom is -0.435 e. The van der Waals surface area contributed by atoms with E-state index in [0.29, 0.717) is 40.7 Å². The number of thioether (sulfide) groups is 1. The summed E-state index contributed by atoms with van der Waals surface area (Å²) in [5.41, 5.74) is 1.33. The number of hydrogen-bond donors (Lipinski definition) is 1. The SMILES string of the molecule is Nn1c(SCCCC(=O)c2ccccc2)nnc1-c1ccc(OC(F)F)cc1. The lowest BCUT2D eigenvalue weighted by atomic mass is 10.1. The van der Waals surface area contributed by atoms with Gasteiger partial charge < -0.3 is 10.6 Å². The van der Waals surface area contributed by atoms with Crippen LogP contribution in [0.3, 0.4) is 0 Å². The molecule has 6 nitrogen and oxygen atoms in total. The van der Waals surface area contributed by atoms with Gasteiger partial charge in [-0.15, -0.1) is 10.2 Å². The zero-order chi connectivity index (χ0) is 19.9. The largest absolute Gasteiger partial charge is 0.435 e.